The van der Waals surface area contributed by atoms with E-state index in [1.165, 1.54) is 0 Å². The zero-order chi connectivity index (χ0) is 12.1. The molecule has 0 aromatic carbocycles. The van der Waals surface area contributed by atoms with E-state index in [9.17, 15) is 4.79 Å². The Morgan fingerprint density at radius 2 is 1.67 bits per heavy atom. The molecule has 1 amide bonds. The molecule has 0 radical (unpaired) electrons. The van der Waals surface area contributed by atoms with Gasteiger partial charge < -0.3 is 20.6 Å². The van der Waals surface area contributed by atoms with Crippen molar-refractivity contribution in [2.45, 2.75) is 24.6 Å². The third-order valence-electron chi connectivity index (χ3n) is 2.20. The monoisotopic (exact) mass is 237 g/mol. The van der Waals surface area contributed by atoms with Crippen LogP contribution in [0, 0.1) is 5.92 Å². The summed E-state index contributed by atoms with van der Waals surface area (Å²) in [7, 11) is 0. The van der Waals surface area contributed by atoms with Crippen LogP contribution in [0.4, 0.5) is 0 Å². The number of carbonyl (C=O) groups excluding carboxylic acids is 1. The number of thiol groups is 1. The maximum Gasteiger partial charge on any atom is 0.233 e. The van der Waals surface area contributed by atoms with Gasteiger partial charge in [0.25, 0.3) is 0 Å². The van der Waals surface area contributed by atoms with Crippen molar-refractivity contribution in [2.24, 2.45) is 5.92 Å². The fourth-order valence-electron chi connectivity index (χ4n) is 0.907. The van der Waals surface area contributed by atoms with E-state index >= 15 is 0 Å². The SMILES string of the molecule is CC(C)C(S)C(=O)NC(CO)(CO)CO. The van der Waals surface area contributed by atoms with Gasteiger partial charge in [0.2, 0.25) is 5.91 Å². The molecule has 15 heavy (non-hydrogen) atoms. The van der Waals surface area contributed by atoms with E-state index in [4.69, 9.17) is 15.3 Å². The van der Waals surface area contributed by atoms with Gasteiger partial charge in [0.05, 0.1) is 25.1 Å². The second-order valence-electron chi connectivity index (χ2n) is 3.93. The lowest BCUT2D eigenvalue weighted by molar-refractivity contribution is -0.125. The van der Waals surface area contributed by atoms with Crippen LogP contribution in [0.15, 0.2) is 0 Å². The van der Waals surface area contributed by atoms with Crippen LogP contribution in [0.5, 0.6) is 0 Å². The van der Waals surface area contributed by atoms with Crippen molar-refractivity contribution in [3.05, 3.63) is 0 Å². The minimum Gasteiger partial charge on any atom is -0.394 e. The topological polar surface area (TPSA) is 89.8 Å². The summed E-state index contributed by atoms with van der Waals surface area (Å²) in [5.74, 6) is -0.382. The lowest BCUT2D eigenvalue weighted by Crippen LogP contribution is -2.59. The van der Waals surface area contributed by atoms with Gasteiger partial charge in [-0.05, 0) is 5.92 Å². The van der Waals surface area contributed by atoms with Gasteiger partial charge >= 0.3 is 0 Å². The van der Waals surface area contributed by atoms with Gasteiger partial charge in [0.1, 0.15) is 5.54 Å². The fourth-order valence-corrected chi connectivity index (χ4v) is 0.971. The predicted molar refractivity (Wildman–Crippen MR) is 59.7 cm³/mol. The molecule has 0 heterocycles. The maximum absolute atomic E-state index is 11.6. The van der Waals surface area contributed by atoms with Crippen molar-refractivity contribution in [1.29, 1.82) is 0 Å². The van der Waals surface area contributed by atoms with Crippen LogP contribution >= 0.6 is 12.6 Å². The van der Waals surface area contributed by atoms with Gasteiger partial charge in [-0.1, -0.05) is 13.8 Å². The molecule has 0 aliphatic heterocycles. The Kier molecular flexibility index (Phi) is 6.19. The Labute approximate surface area is 94.9 Å². The van der Waals surface area contributed by atoms with Gasteiger partial charge in [-0.3, -0.25) is 4.79 Å². The molecule has 0 saturated carbocycles. The molecular formula is C9H19NO4S. The molecule has 0 spiro atoms. The second kappa shape index (κ2) is 6.32. The minimum absolute atomic E-state index is 0.0297. The van der Waals surface area contributed by atoms with Crippen LogP contribution in [-0.2, 0) is 4.79 Å². The van der Waals surface area contributed by atoms with Gasteiger partial charge in [-0.15, -0.1) is 0 Å². The third kappa shape index (κ3) is 3.98. The zero-order valence-electron chi connectivity index (χ0n) is 8.97. The number of carbonyl (C=O) groups is 1. The smallest absolute Gasteiger partial charge is 0.233 e. The molecule has 0 fully saturated rings. The summed E-state index contributed by atoms with van der Waals surface area (Å²) < 4.78 is 0. The van der Waals surface area contributed by atoms with Crippen LogP contribution < -0.4 is 5.32 Å². The molecule has 0 aliphatic carbocycles. The van der Waals surface area contributed by atoms with Gasteiger partial charge in [0.15, 0.2) is 0 Å². The summed E-state index contributed by atoms with van der Waals surface area (Å²) in [6.45, 7) is 2.09. The number of amides is 1. The lowest BCUT2D eigenvalue weighted by Gasteiger charge is -2.30. The number of nitrogens with one attached hydrogen (secondary N) is 1. The van der Waals surface area contributed by atoms with E-state index in [2.05, 4.69) is 17.9 Å². The number of rotatable bonds is 6. The highest BCUT2D eigenvalue weighted by Crippen LogP contribution is 2.11. The Morgan fingerprint density at radius 1 is 1.27 bits per heavy atom. The van der Waals surface area contributed by atoms with Gasteiger partial charge in [0, 0.05) is 0 Å². The molecule has 0 aromatic heterocycles. The van der Waals surface area contributed by atoms with E-state index < -0.39 is 36.5 Å². The average molecular weight is 237 g/mol. The number of hydrogen-bond donors (Lipinski definition) is 5. The standard InChI is InChI=1S/C9H19NO4S/c1-6(2)7(15)8(14)10-9(3-11,4-12)5-13/h6-7,11-13,15H,3-5H2,1-2H3,(H,10,14). The molecule has 5 nitrogen and oxygen atoms in total. The largest absolute Gasteiger partial charge is 0.394 e. The van der Waals surface area contributed by atoms with Crippen molar-refractivity contribution >= 4 is 18.5 Å². The normalized spacial score (nSPS) is 14.1. The molecule has 6 heteroatoms. The molecule has 4 N–H and O–H groups in total. The van der Waals surface area contributed by atoms with Gasteiger partial charge in [-0.2, -0.15) is 12.6 Å². The Morgan fingerprint density at radius 3 is 1.93 bits per heavy atom. The van der Waals surface area contributed by atoms with Crippen molar-refractivity contribution < 1.29 is 20.1 Å². The number of aliphatic hydroxyl groups excluding tert-OH is 3. The third-order valence-corrected chi connectivity index (χ3v) is 3.03. The number of hydrogen-bond acceptors (Lipinski definition) is 5. The highest BCUT2D eigenvalue weighted by molar-refractivity contribution is 7.81. The van der Waals surface area contributed by atoms with Crippen LogP contribution in [-0.4, -0.2) is 51.8 Å². The van der Waals surface area contributed by atoms with Crippen LogP contribution in [0.1, 0.15) is 13.8 Å². The van der Waals surface area contributed by atoms with E-state index in [-0.39, 0.29) is 5.92 Å². The highest BCUT2D eigenvalue weighted by Gasteiger charge is 2.32. The molecule has 0 bridgehead atoms. The molecule has 1 unspecified atom stereocenters. The molecule has 0 aromatic rings. The molecular weight excluding hydrogens is 218 g/mol. The summed E-state index contributed by atoms with van der Waals surface area (Å²) in [4.78, 5) is 11.6. The molecule has 0 saturated heterocycles. The van der Waals surface area contributed by atoms with E-state index in [0.29, 0.717) is 0 Å². The van der Waals surface area contributed by atoms with Crippen LogP contribution in [0.2, 0.25) is 0 Å². The quantitative estimate of drug-likeness (QED) is 0.374. The first-order valence-corrected chi connectivity index (χ1v) is 5.26. The first-order valence-electron chi connectivity index (χ1n) is 4.75. The molecule has 0 rings (SSSR count). The Bertz CT molecular complexity index is 198. The van der Waals surface area contributed by atoms with Crippen molar-refractivity contribution in [3.63, 3.8) is 0 Å². The first-order chi connectivity index (χ1) is 6.92. The summed E-state index contributed by atoms with van der Waals surface area (Å²) in [5, 5.41) is 28.8. The first kappa shape index (κ1) is 14.7. The minimum atomic E-state index is -1.37. The average Bonchev–Trinajstić information content (AvgIpc) is 2.24. The van der Waals surface area contributed by atoms with Crippen molar-refractivity contribution in [1.82, 2.24) is 5.32 Å². The molecule has 0 aliphatic rings. The summed E-state index contributed by atoms with van der Waals surface area (Å²) in [6.07, 6.45) is 0. The summed E-state index contributed by atoms with van der Waals surface area (Å²) in [6, 6.07) is 0. The number of aliphatic hydroxyl groups is 3. The summed E-state index contributed by atoms with van der Waals surface area (Å²) in [5.41, 5.74) is -1.37. The highest BCUT2D eigenvalue weighted by atomic mass is 32.1. The zero-order valence-corrected chi connectivity index (χ0v) is 9.87. The van der Waals surface area contributed by atoms with E-state index in [1.54, 1.807) is 0 Å². The predicted octanol–water partition coefficient (Wildman–Crippen LogP) is -1.23. The van der Waals surface area contributed by atoms with Gasteiger partial charge in [-0.25, -0.2) is 0 Å². The van der Waals surface area contributed by atoms with Crippen molar-refractivity contribution in [2.75, 3.05) is 19.8 Å². The second-order valence-corrected chi connectivity index (χ2v) is 4.49. The van der Waals surface area contributed by atoms with Crippen molar-refractivity contribution in [3.8, 4) is 0 Å². The maximum atomic E-state index is 11.6. The Hall–Kier alpha value is -0.300. The Balaban J connectivity index is 4.48. The fraction of sp³-hybridized carbons (Fsp3) is 0.889. The summed E-state index contributed by atoms with van der Waals surface area (Å²) >= 11 is 4.09. The molecule has 1 atom stereocenters. The van der Waals surface area contributed by atoms with E-state index in [1.807, 2.05) is 13.8 Å². The van der Waals surface area contributed by atoms with E-state index in [0.717, 1.165) is 0 Å². The molecule has 90 valence electrons. The van der Waals surface area contributed by atoms with Crippen LogP contribution in [0.25, 0.3) is 0 Å². The lowest BCUT2D eigenvalue weighted by atomic mass is 10.0. The van der Waals surface area contributed by atoms with Crippen LogP contribution in [0.3, 0.4) is 0 Å².